The van der Waals surface area contributed by atoms with E-state index in [9.17, 15) is 9.59 Å². The molecule has 1 fully saturated rings. The van der Waals surface area contributed by atoms with Gasteiger partial charge in [0.25, 0.3) is 5.91 Å². The molecular formula is C14H15Cl2NO3. The van der Waals surface area contributed by atoms with Crippen LogP contribution < -0.4 is 5.32 Å². The van der Waals surface area contributed by atoms with E-state index in [1.807, 2.05) is 6.92 Å². The summed E-state index contributed by atoms with van der Waals surface area (Å²) in [5, 5.41) is 3.42. The van der Waals surface area contributed by atoms with Crippen LogP contribution in [0.2, 0.25) is 10.0 Å². The van der Waals surface area contributed by atoms with E-state index in [0.717, 1.165) is 12.8 Å². The first-order chi connectivity index (χ1) is 9.47. The molecule has 108 valence electrons. The highest BCUT2D eigenvalue weighted by molar-refractivity contribution is 6.35. The van der Waals surface area contributed by atoms with Gasteiger partial charge in [-0.05, 0) is 43.9 Å². The van der Waals surface area contributed by atoms with Gasteiger partial charge < -0.3 is 10.1 Å². The predicted octanol–water partition coefficient (Wildman–Crippen LogP) is 3.06. The van der Waals surface area contributed by atoms with Gasteiger partial charge in [-0.25, -0.2) is 4.79 Å². The van der Waals surface area contributed by atoms with Crippen molar-refractivity contribution >= 4 is 35.1 Å². The Labute approximate surface area is 127 Å². The summed E-state index contributed by atoms with van der Waals surface area (Å²) in [4.78, 5) is 23.4. The Hall–Kier alpha value is -1.26. The zero-order valence-electron chi connectivity index (χ0n) is 11.0. The van der Waals surface area contributed by atoms with Crippen molar-refractivity contribution in [3.8, 4) is 0 Å². The maximum Gasteiger partial charge on any atom is 0.340 e. The summed E-state index contributed by atoms with van der Waals surface area (Å²) >= 11 is 11.7. The van der Waals surface area contributed by atoms with Crippen molar-refractivity contribution < 1.29 is 14.3 Å². The van der Waals surface area contributed by atoms with E-state index in [1.165, 1.54) is 12.1 Å². The van der Waals surface area contributed by atoms with Crippen molar-refractivity contribution in [2.75, 3.05) is 6.61 Å². The Kier molecular flexibility index (Phi) is 4.89. The summed E-state index contributed by atoms with van der Waals surface area (Å²) in [5.74, 6) is -0.417. The fourth-order valence-corrected chi connectivity index (χ4v) is 2.24. The van der Waals surface area contributed by atoms with Gasteiger partial charge in [-0.15, -0.1) is 0 Å². The molecule has 20 heavy (non-hydrogen) atoms. The quantitative estimate of drug-likeness (QED) is 0.850. The molecule has 1 atom stereocenters. The van der Waals surface area contributed by atoms with Gasteiger partial charge in [0, 0.05) is 11.1 Å². The van der Waals surface area contributed by atoms with Crippen LogP contribution in [-0.4, -0.2) is 24.5 Å². The van der Waals surface area contributed by atoms with Crippen molar-refractivity contribution in [2.45, 2.75) is 25.8 Å². The number of carbonyl (C=O) groups is 2. The Morgan fingerprint density at radius 1 is 1.40 bits per heavy atom. The first-order valence-electron chi connectivity index (χ1n) is 6.39. The summed E-state index contributed by atoms with van der Waals surface area (Å²) in [6.07, 6.45) is 2.28. The molecule has 6 heteroatoms. The lowest BCUT2D eigenvalue weighted by molar-refractivity contribution is -0.124. The fraction of sp³-hybridized carbons (Fsp3) is 0.429. The first-order valence-corrected chi connectivity index (χ1v) is 7.14. The average molecular weight is 316 g/mol. The van der Waals surface area contributed by atoms with E-state index in [4.69, 9.17) is 27.9 Å². The number of esters is 1. The third-order valence-corrected chi connectivity index (χ3v) is 3.77. The van der Waals surface area contributed by atoms with E-state index >= 15 is 0 Å². The minimum atomic E-state index is -0.660. The van der Waals surface area contributed by atoms with Crippen LogP contribution in [0.5, 0.6) is 0 Å². The van der Waals surface area contributed by atoms with E-state index in [2.05, 4.69) is 5.32 Å². The minimum Gasteiger partial charge on any atom is -0.452 e. The fourth-order valence-electron chi connectivity index (χ4n) is 1.87. The molecule has 0 spiro atoms. The SMILES string of the molecule is C[C@H](NC(=O)COC(=O)c1cc(Cl)ccc1Cl)C1CC1. The van der Waals surface area contributed by atoms with Gasteiger partial charge in [-0.3, -0.25) is 4.79 Å². The zero-order valence-corrected chi connectivity index (χ0v) is 12.5. The summed E-state index contributed by atoms with van der Waals surface area (Å²) in [5.41, 5.74) is 0.155. The smallest absolute Gasteiger partial charge is 0.340 e. The summed E-state index contributed by atoms with van der Waals surface area (Å²) in [7, 11) is 0. The molecule has 1 amide bonds. The number of benzene rings is 1. The second-order valence-corrected chi connectivity index (χ2v) is 5.74. The highest BCUT2D eigenvalue weighted by Crippen LogP contribution is 2.32. The van der Waals surface area contributed by atoms with E-state index in [1.54, 1.807) is 6.07 Å². The number of hydrogen-bond donors (Lipinski definition) is 1. The zero-order chi connectivity index (χ0) is 14.7. The Balaban J connectivity index is 1.85. The predicted molar refractivity (Wildman–Crippen MR) is 77.1 cm³/mol. The number of ether oxygens (including phenoxy) is 1. The van der Waals surface area contributed by atoms with E-state index in [0.29, 0.717) is 10.9 Å². The van der Waals surface area contributed by atoms with Crippen LogP contribution >= 0.6 is 23.2 Å². The number of carbonyl (C=O) groups excluding carboxylic acids is 2. The second-order valence-electron chi connectivity index (χ2n) is 4.89. The number of rotatable bonds is 5. The van der Waals surface area contributed by atoms with Crippen molar-refractivity contribution in [2.24, 2.45) is 5.92 Å². The molecule has 0 aliphatic heterocycles. The van der Waals surface area contributed by atoms with Gasteiger partial charge in [-0.1, -0.05) is 23.2 Å². The average Bonchev–Trinajstić information content (AvgIpc) is 3.23. The highest BCUT2D eigenvalue weighted by atomic mass is 35.5. The van der Waals surface area contributed by atoms with Gasteiger partial charge in [0.05, 0.1) is 10.6 Å². The molecule has 1 aromatic carbocycles. The molecule has 0 radical (unpaired) electrons. The molecule has 0 unspecified atom stereocenters. The van der Waals surface area contributed by atoms with Crippen LogP contribution in [0, 0.1) is 5.92 Å². The molecule has 2 rings (SSSR count). The van der Waals surface area contributed by atoms with Crippen molar-refractivity contribution in [3.63, 3.8) is 0 Å². The monoisotopic (exact) mass is 315 g/mol. The standard InChI is InChI=1S/C14H15Cl2NO3/c1-8(9-2-3-9)17-13(18)7-20-14(19)11-6-10(15)4-5-12(11)16/h4-6,8-9H,2-3,7H2,1H3,(H,17,18)/t8-/m0/s1. The van der Waals surface area contributed by atoms with Crippen LogP contribution in [0.3, 0.4) is 0 Å². The lowest BCUT2D eigenvalue weighted by Crippen LogP contribution is -2.37. The molecular weight excluding hydrogens is 301 g/mol. The molecule has 1 saturated carbocycles. The van der Waals surface area contributed by atoms with E-state index < -0.39 is 5.97 Å². The first kappa shape index (κ1) is 15.1. The number of halogens is 2. The van der Waals surface area contributed by atoms with Gasteiger partial charge >= 0.3 is 5.97 Å². The van der Waals surface area contributed by atoms with Gasteiger partial charge in [0.2, 0.25) is 0 Å². The molecule has 4 nitrogen and oxygen atoms in total. The van der Waals surface area contributed by atoms with Crippen LogP contribution in [-0.2, 0) is 9.53 Å². The van der Waals surface area contributed by atoms with Gasteiger partial charge in [0.1, 0.15) is 0 Å². The molecule has 1 aliphatic rings. The molecule has 1 aromatic rings. The molecule has 1 N–H and O–H groups in total. The van der Waals surface area contributed by atoms with Gasteiger partial charge in [0.15, 0.2) is 6.61 Å². The maximum absolute atomic E-state index is 11.8. The number of amides is 1. The third kappa shape index (κ3) is 4.12. The third-order valence-electron chi connectivity index (χ3n) is 3.20. The molecule has 1 aliphatic carbocycles. The highest BCUT2D eigenvalue weighted by Gasteiger charge is 2.29. The topological polar surface area (TPSA) is 55.4 Å². The van der Waals surface area contributed by atoms with Crippen LogP contribution in [0.15, 0.2) is 18.2 Å². The van der Waals surface area contributed by atoms with Gasteiger partial charge in [-0.2, -0.15) is 0 Å². The van der Waals surface area contributed by atoms with Crippen LogP contribution in [0.1, 0.15) is 30.1 Å². The van der Waals surface area contributed by atoms with Crippen molar-refractivity contribution in [3.05, 3.63) is 33.8 Å². The maximum atomic E-state index is 11.8. The molecule has 0 aromatic heterocycles. The van der Waals surface area contributed by atoms with Crippen molar-refractivity contribution in [1.29, 1.82) is 0 Å². The normalized spacial score (nSPS) is 15.6. The lowest BCUT2D eigenvalue weighted by atomic mass is 10.2. The largest absolute Gasteiger partial charge is 0.452 e. The van der Waals surface area contributed by atoms with Crippen molar-refractivity contribution in [1.82, 2.24) is 5.32 Å². The number of nitrogens with one attached hydrogen (secondary N) is 1. The minimum absolute atomic E-state index is 0.121. The summed E-state index contributed by atoms with van der Waals surface area (Å²) < 4.78 is 4.93. The Morgan fingerprint density at radius 3 is 2.75 bits per heavy atom. The summed E-state index contributed by atoms with van der Waals surface area (Å²) in [6, 6.07) is 4.62. The Bertz CT molecular complexity index is 529. The van der Waals surface area contributed by atoms with Crippen LogP contribution in [0.4, 0.5) is 0 Å². The summed E-state index contributed by atoms with van der Waals surface area (Å²) in [6.45, 7) is 1.63. The second kappa shape index (κ2) is 6.46. The Morgan fingerprint density at radius 2 is 2.10 bits per heavy atom. The molecule has 0 bridgehead atoms. The lowest BCUT2D eigenvalue weighted by Gasteiger charge is -2.13. The molecule has 0 heterocycles. The van der Waals surface area contributed by atoms with Crippen LogP contribution in [0.25, 0.3) is 0 Å². The van der Waals surface area contributed by atoms with E-state index in [-0.39, 0.29) is 29.1 Å². The molecule has 0 saturated heterocycles. The number of hydrogen-bond acceptors (Lipinski definition) is 3.